The van der Waals surface area contributed by atoms with E-state index in [1.165, 1.54) is 0 Å². The fraction of sp³-hybridized carbons (Fsp3) is 0.192. The zero-order valence-corrected chi connectivity index (χ0v) is 18.5. The molecule has 4 aromatic rings. The largest absolute Gasteiger partial charge is 0.507 e. The Kier molecular flexibility index (Phi) is 6.40. The van der Waals surface area contributed by atoms with Crippen LogP contribution < -0.4 is 5.32 Å². The van der Waals surface area contributed by atoms with Crippen molar-refractivity contribution in [1.29, 1.82) is 0 Å². The molecule has 0 radical (unpaired) electrons. The number of hydrogen-bond donors (Lipinski definition) is 2. The summed E-state index contributed by atoms with van der Waals surface area (Å²) in [6.45, 7) is 6.79. The summed E-state index contributed by atoms with van der Waals surface area (Å²) in [5.74, 6) is 0.329. The van der Waals surface area contributed by atoms with E-state index in [9.17, 15) is 5.11 Å². The molecule has 5 heteroatoms. The van der Waals surface area contributed by atoms with Crippen LogP contribution in [-0.2, 0) is 6.54 Å². The third kappa shape index (κ3) is 4.66. The second-order valence-corrected chi connectivity index (χ2v) is 7.94. The summed E-state index contributed by atoms with van der Waals surface area (Å²) in [5.41, 5.74) is 5.39. The Hall–Kier alpha value is -3.08. The van der Waals surface area contributed by atoms with Crippen LogP contribution in [0.25, 0.3) is 22.0 Å². The minimum Gasteiger partial charge on any atom is -0.507 e. The second-order valence-electron chi connectivity index (χ2n) is 7.50. The molecule has 0 saturated carbocycles. The summed E-state index contributed by atoms with van der Waals surface area (Å²) in [6, 6.07) is 21.7. The summed E-state index contributed by atoms with van der Waals surface area (Å²) < 4.78 is 0. The maximum atomic E-state index is 11.1. The number of benzene rings is 3. The van der Waals surface area contributed by atoms with Crippen molar-refractivity contribution < 1.29 is 5.11 Å². The fourth-order valence-corrected chi connectivity index (χ4v) is 3.97. The lowest BCUT2D eigenvalue weighted by atomic mass is 9.99. The zero-order valence-electron chi connectivity index (χ0n) is 17.8. The van der Waals surface area contributed by atoms with Gasteiger partial charge in [-0.2, -0.15) is 0 Å². The number of fused-ring (bicyclic) bond motifs is 1. The van der Waals surface area contributed by atoms with Gasteiger partial charge in [-0.05, 0) is 55.1 Å². The molecule has 31 heavy (non-hydrogen) atoms. The number of aromatic nitrogens is 1. The second kappa shape index (κ2) is 9.38. The Bertz CT molecular complexity index is 1190. The van der Waals surface area contributed by atoms with Gasteiger partial charge >= 0.3 is 0 Å². The first-order valence-electron chi connectivity index (χ1n) is 10.5. The predicted molar refractivity (Wildman–Crippen MR) is 130 cm³/mol. The monoisotopic (exact) mass is 431 g/mol. The summed E-state index contributed by atoms with van der Waals surface area (Å²) >= 11 is 6.14. The molecular weight excluding hydrogens is 406 g/mol. The van der Waals surface area contributed by atoms with Crippen LogP contribution in [0.3, 0.4) is 0 Å². The maximum Gasteiger partial charge on any atom is 0.128 e. The molecule has 3 aromatic carbocycles. The zero-order chi connectivity index (χ0) is 21.8. The number of nitrogens with zero attached hydrogens (tertiary/aromatic N) is 2. The molecule has 0 amide bonds. The summed E-state index contributed by atoms with van der Waals surface area (Å²) in [6.07, 6.45) is 1.77. The molecule has 2 N–H and O–H groups in total. The molecule has 0 fully saturated rings. The first-order valence-corrected chi connectivity index (χ1v) is 10.9. The molecule has 0 unspecified atom stereocenters. The predicted octanol–water partition coefficient (Wildman–Crippen LogP) is 6.85. The van der Waals surface area contributed by atoms with Crippen molar-refractivity contribution in [1.82, 2.24) is 9.88 Å². The maximum absolute atomic E-state index is 11.1. The number of nitrogens with one attached hydrogen (secondary N) is 1. The normalized spacial score (nSPS) is 11.2. The number of phenolic OH excluding ortho intramolecular Hbond substituents is 1. The lowest BCUT2D eigenvalue weighted by molar-refractivity contribution is 0.291. The van der Waals surface area contributed by atoms with Crippen LogP contribution in [0.4, 0.5) is 11.4 Å². The van der Waals surface area contributed by atoms with E-state index in [0.717, 1.165) is 52.1 Å². The molecular formula is C26H26ClN3O. The van der Waals surface area contributed by atoms with Crippen LogP contribution in [0.5, 0.6) is 5.75 Å². The number of hydrogen-bond acceptors (Lipinski definition) is 4. The van der Waals surface area contributed by atoms with Crippen molar-refractivity contribution in [2.45, 2.75) is 20.4 Å². The number of anilines is 2. The number of phenols is 1. The van der Waals surface area contributed by atoms with Crippen LogP contribution in [0.2, 0.25) is 5.02 Å². The highest BCUT2D eigenvalue weighted by molar-refractivity contribution is 6.31. The number of pyridine rings is 1. The van der Waals surface area contributed by atoms with E-state index in [-0.39, 0.29) is 0 Å². The molecule has 4 rings (SSSR count). The third-order valence-corrected chi connectivity index (χ3v) is 5.78. The molecule has 1 heterocycles. The Morgan fingerprint density at radius 3 is 2.48 bits per heavy atom. The third-order valence-electron chi connectivity index (χ3n) is 5.55. The smallest absolute Gasteiger partial charge is 0.128 e. The van der Waals surface area contributed by atoms with Gasteiger partial charge in [-0.15, -0.1) is 0 Å². The lowest BCUT2D eigenvalue weighted by Crippen LogP contribution is -2.22. The fourth-order valence-electron chi connectivity index (χ4n) is 3.80. The van der Waals surface area contributed by atoms with E-state index in [0.29, 0.717) is 17.3 Å². The molecule has 0 bridgehead atoms. The van der Waals surface area contributed by atoms with Gasteiger partial charge in [-0.25, -0.2) is 0 Å². The molecule has 1 aromatic heterocycles. The summed E-state index contributed by atoms with van der Waals surface area (Å²) in [5, 5.41) is 16.3. The van der Waals surface area contributed by atoms with Crippen LogP contribution in [0.1, 0.15) is 19.4 Å². The number of aromatic hydroxyl groups is 1. The van der Waals surface area contributed by atoms with Crippen molar-refractivity contribution in [2.75, 3.05) is 18.4 Å². The van der Waals surface area contributed by atoms with Crippen LogP contribution in [-0.4, -0.2) is 28.1 Å². The van der Waals surface area contributed by atoms with Gasteiger partial charge in [-0.1, -0.05) is 55.8 Å². The van der Waals surface area contributed by atoms with Gasteiger partial charge in [0.25, 0.3) is 0 Å². The quantitative estimate of drug-likeness (QED) is 0.314. The van der Waals surface area contributed by atoms with E-state index >= 15 is 0 Å². The summed E-state index contributed by atoms with van der Waals surface area (Å²) in [7, 11) is 0. The van der Waals surface area contributed by atoms with Gasteiger partial charge in [0.15, 0.2) is 0 Å². The average molecular weight is 432 g/mol. The molecule has 0 atom stereocenters. The SMILES string of the molecule is CCN(CC)Cc1cc(Nc2ccnc3cc(Cl)ccc23)cc(-c2ccccc2)c1O. The Balaban J connectivity index is 1.80. The van der Waals surface area contributed by atoms with E-state index in [2.05, 4.69) is 29.0 Å². The van der Waals surface area contributed by atoms with Crippen LogP contribution >= 0.6 is 11.6 Å². The summed E-state index contributed by atoms with van der Waals surface area (Å²) in [4.78, 5) is 6.72. The van der Waals surface area contributed by atoms with Crippen molar-refractivity contribution >= 4 is 33.9 Å². The molecule has 4 nitrogen and oxygen atoms in total. The van der Waals surface area contributed by atoms with Crippen molar-refractivity contribution in [3.05, 3.63) is 83.5 Å². The Labute approximate surface area is 188 Å². The average Bonchev–Trinajstić information content (AvgIpc) is 2.79. The lowest BCUT2D eigenvalue weighted by Gasteiger charge is -2.21. The molecule has 0 saturated heterocycles. The van der Waals surface area contributed by atoms with E-state index in [1.807, 2.05) is 66.7 Å². The van der Waals surface area contributed by atoms with Gasteiger partial charge in [0.05, 0.1) is 5.52 Å². The van der Waals surface area contributed by atoms with Gasteiger partial charge in [0.2, 0.25) is 0 Å². The number of rotatable bonds is 7. The van der Waals surface area contributed by atoms with E-state index in [1.54, 1.807) is 6.20 Å². The molecule has 0 aliphatic heterocycles. The van der Waals surface area contributed by atoms with E-state index < -0.39 is 0 Å². The minimum absolute atomic E-state index is 0.329. The highest BCUT2D eigenvalue weighted by Gasteiger charge is 2.15. The molecule has 158 valence electrons. The van der Waals surface area contributed by atoms with Crippen LogP contribution in [0, 0.1) is 0 Å². The minimum atomic E-state index is 0.329. The van der Waals surface area contributed by atoms with Gasteiger partial charge in [-0.3, -0.25) is 9.88 Å². The topological polar surface area (TPSA) is 48.4 Å². The van der Waals surface area contributed by atoms with Crippen LogP contribution in [0.15, 0.2) is 72.9 Å². The van der Waals surface area contributed by atoms with Gasteiger partial charge in [0.1, 0.15) is 5.75 Å². The standard InChI is InChI=1S/C26H26ClN3O/c1-3-30(4-2)17-19-14-21(16-23(26(19)31)18-8-6-5-7-9-18)29-24-12-13-28-25-15-20(27)10-11-22(24)25/h5-16,31H,3-4,17H2,1-2H3,(H,28,29). The van der Waals surface area contributed by atoms with Gasteiger partial charge < -0.3 is 10.4 Å². The van der Waals surface area contributed by atoms with Crippen molar-refractivity contribution in [3.8, 4) is 16.9 Å². The van der Waals surface area contributed by atoms with Crippen molar-refractivity contribution in [3.63, 3.8) is 0 Å². The first kappa shape index (κ1) is 21.2. The molecule has 0 aliphatic carbocycles. The number of halogens is 1. The Morgan fingerprint density at radius 1 is 0.968 bits per heavy atom. The molecule has 0 aliphatic rings. The molecule has 0 spiro atoms. The highest BCUT2D eigenvalue weighted by Crippen LogP contribution is 2.37. The van der Waals surface area contributed by atoms with Gasteiger partial charge in [0, 0.05) is 45.7 Å². The highest BCUT2D eigenvalue weighted by atomic mass is 35.5. The van der Waals surface area contributed by atoms with Crippen molar-refractivity contribution in [2.24, 2.45) is 0 Å². The van der Waals surface area contributed by atoms with E-state index in [4.69, 9.17) is 11.6 Å². The Morgan fingerprint density at radius 2 is 1.74 bits per heavy atom. The first-order chi connectivity index (χ1) is 15.1.